The van der Waals surface area contributed by atoms with Gasteiger partial charge in [0.25, 0.3) is 5.91 Å². The van der Waals surface area contributed by atoms with Crippen molar-refractivity contribution >= 4 is 23.5 Å². The van der Waals surface area contributed by atoms with Gasteiger partial charge in [-0.15, -0.1) is 0 Å². The van der Waals surface area contributed by atoms with Crippen molar-refractivity contribution in [3.05, 3.63) is 70.2 Å². The standard InChI is InChI=1S/C18H18ClNO3/c1-12-6-3-4-9-16(12)18(22)23-11-17(21)20-13(2)14-7-5-8-15(19)10-14/h3-10,13H,11H2,1-2H3,(H,20,21). The number of carbonyl (C=O) groups excluding carboxylic acids is 2. The van der Waals surface area contributed by atoms with E-state index >= 15 is 0 Å². The Morgan fingerprint density at radius 1 is 1.17 bits per heavy atom. The fourth-order valence-electron chi connectivity index (χ4n) is 2.15. The van der Waals surface area contributed by atoms with Crippen molar-refractivity contribution in [3.8, 4) is 0 Å². The summed E-state index contributed by atoms with van der Waals surface area (Å²) in [6.07, 6.45) is 0. The Balaban J connectivity index is 1.88. The fourth-order valence-corrected chi connectivity index (χ4v) is 2.35. The van der Waals surface area contributed by atoms with E-state index in [0.717, 1.165) is 11.1 Å². The number of carbonyl (C=O) groups is 2. The van der Waals surface area contributed by atoms with Gasteiger partial charge in [-0.25, -0.2) is 4.79 Å². The van der Waals surface area contributed by atoms with Gasteiger partial charge in [-0.1, -0.05) is 41.9 Å². The maximum Gasteiger partial charge on any atom is 0.338 e. The van der Waals surface area contributed by atoms with Crippen LogP contribution in [0.4, 0.5) is 0 Å². The van der Waals surface area contributed by atoms with Gasteiger partial charge in [0, 0.05) is 5.02 Å². The molecule has 4 nitrogen and oxygen atoms in total. The van der Waals surface area contributed by atoms with E-state index in [1.165, 1.54) is 0 Å². The molecule has 23 heavy (non-hydrogen) atoms. The molecule has 120 valence electrons. The van der Waals surface area contributed by atoms with E-state index in [-0.39, 0.29) is 18.6 Å². The largest absolute Gasteiger partial charge is 0.452 e. The second-order valence-electron chi connectivity index (χ2n) is 5.24. The summed E-state index contributed by atoms with van der Waals surface area (Å²) in [6, 6.07) is 14.1. The average Bonchev–Trinajstić information content (AvgIpc) is 2.53. The third-order valence-corrected chi connectivity index (χ3v) is 3.66. The lowest BCUT2D eigenvalue weighted by atomic mass is 10.1. The number of ether oxygens (including phenoxy) is 1. The second kappa shape index (κ2) is 7.79. The second-order valence-corrected chi connectivity index (χ2v) is 5.67. The van der Waals surface area contributed by atoms with Crippen molar-refractivity contribution in [3.63, 3.8) is 0 Å². The Hall–Kier alpha value is -2.33. The minimum Gasteiger partial charge on any atom is -0.452 e. The van der Waals surface area contributed by atoms with Crippen molar-refractivity contribution < 1.29 is 14.3 Å². The number of hydrogen-bond acceptors (Lipinski definition) is 3. The van der Waals surface area contributed by atoms with Gasteiger partial charge in [-0.05, 0) is 43.2 Å². The molecule has 0 saturated carbocycles. The van der Waals surface area contributed by atoms with E-state index in [1.807, 2.05) is 38.1 Å². The summed E-state index contributed by atoms with van der Waals surface area (Å²) in [4.78, 5) is 23.9. The quantitative estimate of drug-likeness (QED) is 0.850. The third-order valence-electron chi connectivity index (χ3n) is 3.43. The molecule has 0 bridgehead atoms. The molecule has 2 rings (SSSR count). The number of nitrogens with one attached hydrogen (secondary N) is 1. The van der Waals surface area contributed by atoms with Crippen LogP contribution in [0.5, 0.6) is 0 Å². The van der Waals surface area contributed by atoms with Crippen LogP contribution in [0.25, 0.3) is 0 Å². The Bertz CT molecular complexity index is 715. The average molecular weight is 332 g/mol. The zero-order valence-corrected chi connectivity index (χ0v) is 13.8. The molecular formula is C18H18ClNO3. The van der Waals surface area contributed by atoms with Crippen LogP contribution >= 0.6 is 11.6 Å². The smallest absolute Gasteiger partial charge is 0.338 e. The minimum absolute atomic E-state index is 0.224. The molecule has 1 amide bonds. The lowest BCUT2D eigenvalue weighted by molar-refractivity contribution is -0.124. The zero-order valence-electron chi connectivity index (χ0n) is 13.0. The molecule has 1 unspecified atom stereocenters. The van der Waals surface area contributed by atoms with E-state index in [4.69, 9.17) is 16.3 Å². The monoisotopic (exact) mass is 331 g/mol. The van der Waals surface area contributed by atoms with Crippen molar-refractivity contribution in [2.75, 3.05) is 6.61 Å². The van der Waals surface area contributed by atoms with Gasteiger partial charge in [-0.2, -0.15) is 0 Å². The first-order valence-corrected chi connectivity index (χ1v) is 7.62. The van der Waals surface area contributed by atoms with Gasteiger partial charge < -0.3 is 10.1 Å². The van der Waals surface area contributed by atoms with Crippen LogP contribution in [0.1, 0.15) is 34.5 Å². The minimum atomic E-state index is -0.506. The maximum atomic E-state index is 12.0. The number of amides is 1. The predicted octanol–water partition coefficient (Wildman–Crippen LogP) is 3.68. The number of halogens is 1. The Morgan fingerprint density at radius 3 is 2.61 bits per heavy atom. The van der Waals surface area contributed by atoms with Gasteiger partial charge in [0.2, 0.25) is 0 Å². The summed E-state index contributed by atoms with van der Waals surface area (Å²) >= 11 is 5.93. The van der Waals surface area contributed by atoms with Crippen LogP contribution in [0.15, 0.2) is 48.5 Å². The van der Waals surface area contributed by atoms with Crippen molar-refractivity contribution in [2.45, 2.75) is 19.9 Å². The number of benzene rings is 2. The predicted molar refractivity (Wildman–Crippen MR) is 89.5 cm³/mol. The molecule has 0 spiro atoms. The molecule has 0 aliphatic carbocycles. The Labute approximate surface area is 140 Å². The number of rotatable bonds is 5. The molecule has 0 fully saturated rings. The molecule has 0 saturated heterocycles. The highest BCUT2D eigenvalue weighted by molar-refractivity contribution is 6.30. The molecular weight excluding hydrogens is 314 g/mol. The van der Waals surface area contributed by atoms with E-state index in [9.17, 15) is 9.59 Å². The summed E-state index contributed by atoms with van der Waals surface area (Å²) < 4.78 is 5.05. The van der Waals surface area contributed by atoms with Crippen LogP contribution in [-0.4, -0.2) is 18.5 Å². The Morgan fingerprint density at radius 2 is 1.91 bits per heavy atom. The van der Waals surface area contributed by atoms with Crippen LogP contribution in [0, 0.1) is 6.92 Å². The van der Waals surface area contributed by atoms with Crippen molar-refractivity contribution in [1.29, 1.82) is 0 Å². The van der Waals surface area contributed by atoms with E-state index in [2.05, 4.69) is 5.32 Å². The number of hydrogen-bond donors (Lipinski definition) is 1. The normalized spacial score (nSPS) is 11.6. The van der Waals surface area contributed by atoms with Gasteiger partial charge in [0.15, 0.2) is 6.61 Å². The summed E-state index contributed by atoms with van der Waals surface area (Å²) in [7, 11) is 0. The van der Waals surface area contributed by atoms with Crippen LogP contribution < -0.4 is 5.32 Å². The molecule has 0 aliphatic heterocycles. The van der Waals surface area contributed by atoms with E-state index in [0.29, 0.717) is 10.6 Å². The zero-order chi connectivity index (χ0) is 16.8. The molecule has 5 heteroatoms. The van der Waals surface area contributed by atoms with E-state index in [1.54, 1.807) is 24.3 Å². The molecule has 0 heterocycles. The molecule has 2 aromatic carbocycles. The summed E-state index contributed by atoms with van der Waals surface area (Å²) in [6.45, 7) is 3.34. The van der Waals surface area contributed by atoms with Gasteiger partial charge in [-0.3, -0.25) is 4.79 Å². The number of esters is 1. The fraction of sp³-hybridized carbons (Fsp3) is 0.222. The topological polar surface area (TPSA) is 55.4 Å². The molecule has 2 aromatic rings. The molecule has 1 atom stereocenters. The van der Waals surface area contributed by atoms with Gasteiger partial charge in [0.1, 0.15) is 0 Å². The highest BCUT2D eigenvalue weighted by atomic mass is 35.5. The molecule has 0 aromatic heterocycles. The Kier molecular flexibility index (Phi) is 5.77. The molecule has 1 N–H and O–H groups in total. The molecule has 0 aliphatic rings. The number of aryl methyl sites for hydroxylation is 1. The first-order valence-electron chi connectivity index (χ1n) is 7.25. The van der Waals surface area contributed by atoms with Gasteiger partial charge in [0.05, 0.1) is 11.6 Å². The maximum absolute atomic E-state index is 12.0. The van der Waals surface area contributed by atoms with E-state index < -0.39 is 5.97 Å². The first kappa shape index (κ1) is 17.0. The van der Waals surface area contributed by atoms with Crippen molar-refractivity contribution in [2.24, 2.45) is 0 Å². The van der Waals surface area contributed by atoms with Crippen molar-refractivity contribution in [1.82, 2.24) is 5.32 Å². The van der Waals surface area contributed by atoms with Crippen LogP contribution in [0.3, 0.4) is 0 Å². The van der Waals surface area contributed by atoms with Crippen LogP contribution in [-0.2, 0) is 9.53 Å². The third kappa shape index (κ3) is 4.83. The lowest BCUT2D eigenvalue weighted by Crippen LogP contribution is -2.31. The lowest BCUT2D eigenvalue weighted by Gasteiger charge is -2.15. The first-order chi connectivity index (χ1) is 11.0. The highest BCUT2D eigenvalue weighted by Crippen LogP contribution is 2.17. The SMILES string of the molecule is Cc1ccccc1C(=O)OCC(=O)NC(C)c1cccc(Cl)c1. The summed E-state index contributed by atoms with van der Waals surface area (Å²) in [5, 5.41) is 3.38. The summed E-state index contributed by atoms with van der Waals surface area (Å²) in [5.41, 5.74) is 2.16. The summed E-state index contributed by atoms with van der Waals surface area (Å²) in [5.74, 6) is -0.868. The van der Waals surface area contributed by atoms with Gasteiger partial charge >= 0.3 is 5.97 Å². The van der Waals surface area contributed by atoms with Crippen LogP contribution in [0.2, 0.25) is 5.02 Å². The molecule has 0 radical (unpaired) electrons. The highest BCUT2D eigenvalue weighted by Gasteiger charge is 2.14.